The van der Waals surface area contributed by atoms with E-state index in [4.69, 9.17) is 25.5 Å². The number of phenolic OH excluding ortho intramolecular Hbond substituents is 2. The van der Waals surface area contributed by atoms with Crippen molar-refractivity contribution >= 4 is 11.7 Å². The summed E-state index contributed by atoms with van der Waals surface area (Å²) in [4.78, 5) is 19.6. The van der Waals surface area contributed by atoms with Gasteiger partial charge in [-0.2, -0.15) is 0 Å². The summed E-state index contributed by atoms with van der Waals surface area (Å²) >= 11 is 0. The zero-order valence-corrected chi connectivity index (χ0v) is 7.41. The van der Waals surface area contributed by atoms with Crippen molar-refractivity contribution in [3.8, 4) is 23.0 Å². The van der Waals surface area contributed by atoms with Crippen molar-refractivity contribution in [3.05, 3.63) is 15.7 Å². The molecule has 86 valence electrons. The van der Waals surface area contributed by atoms with Crippen molar-refractivity contribution in [3.63, 3.8) is 0 Å². The molecule has 0 aliphatic rings. The quantitative estimate of drug-likeness (QED) is 0.207. The number of benzene rings is 1. The standard InChI is InChI=1S/C7H5NO8/c9-3-1(7(13)14)4(10)6(12)5(11)2(3)8(15)16/h9-12H,(H,13,14). The number of carboxylic acids is 1. The fourth-order valence-corrected chi connectivity index (χ4v) is 1.06. The van der Waals surface area contributed by atoms with E-state index in [9.17, 15) is 14.9 Å². The van der Waals surface area contributed by atoms with E-state index in [1.807, 2.05) is 0 Å². The van der Waals surface area contributed by atoms with Crippen molar-refractivity contribution in [1.82, 2.24) is 0 Å². The second-order valence-electron chi connectivity index (χ2n) is 2.68. The van der Waals surface area contributed by atoms with Gasteiger partial charge in [0, 0.05) is 0 Å². The summed E-state index contributed by atoms with van der Waals surface area (Å²) in [6, 6.07) is 0. The number of hydrogen-bond acceptors (Lipinski definition) is 7. The normalized spacial score (nSPS) is 10.0. The highest BCUT2D eigenvalue weighted by Crippen LogP contribution is 2.50. The van der Waals surface area contributed by atoms with Crippen molar-refractivity contribution in [1.29, 1.82) is 0 Å². The van der Waals surface area contributed by atoms with E-state index in [-0.39, 0.29) is 0 Å². The molecular weight excluding hydrogens is 226 g/mol. The zero-order chi connectivity index (χ0) is 12.6. The summed E-state index contributed by atoms with van der Waals surface area (Å²) in [5.74, 6) is -7.49. The zero-order valence-electron chi connectivity index (χ0n) is 7.41. The van der Waals surface area contributed by atoms with Gasteiger partial charge in [0.1, 0.15) is 0 Å². The Bertz CT molecular complexity index is 453. The molecule has 1 aromatic rings. The first-order valence-electron chi connectivity index (χ1n) is 3.66. The predicted molar refractivity (Wildman–Crippen MR) is 46.7 cm³/mol. The Morgan fingerprint density at radius 3 is 1.88 bits per heavy atom. The van der Waals surface area contributed by atoms with Crippen LogP contribution in [0.4, 0.5) is 5.69 Å². The highest BCUT2D eigenvalue weighted by molar-refractivity contribution is 5.98. The van der Waals surface area contributed by atoms with E-state index >= 15 is 0 Å². The van der Waals surface area contributed by atoms with Crippen molar-refractivity contribution in [2.24, 2.45) is 0 Å². The maximum atomic E-state index is 10.5. The lowest BCUT2D eigenvalue weighted by molar-refractivity contribution is -0.387. The molecule has 0 aliphatic carbocycles. The second kappa shape index (κ2) is 3.46. The monoisotopic (exact) mass is 231 g/mol. The molecule has 9 heteroatoms. The van der Waals surface area contributed by atoms with Crippen LogP contribution in [0.1, 0.15) is 10.4 Å². The van der Waals surface area contributed by atoms with Crippen LogP contribution in [0.2, 0.25) is 0 Å². The minimum absolute atomic E-state index is 1.26. The van der Waals surface area contributed by atoms with Crippen LogP contribution in [-0.2, 0) is 0 Å². The van der Waals surface area contributed by atoms with E-state index < -0.39 is 45.1 Å². The molecule has 0 unspecified atom stereocenters. The maximum Gasteiger partial charge on any atom is 0.357 e. The Kier molecular flexibility index (Phi) is 2.45. The van der Waals surface area contributed by atoms with Gasteiger partial charge < -0.3 is 25.5 Å². The Labute approximate surface area is 86.6 Å². The smallest absolute Gasteiger partial charge is 0.357 e. The minimum atomic E-state index is -1.89. The largest absolute Gasteiger partial charge is 0.503 e. The van der Waals surface area contributed by atoms with Gasteiger partial charge in [0.2, 0.25) is 17.2 Å². The van der Waals surface area contributed by atoms with Crippen LogP contribution in [0.3, 0.4) is 0 Å². The SMILES string of the molecule is O=C(O)c1c(O)c(O)c(O)c([N+](=O)[O-])c1O. The number of aromatic carboxylic acids is 1. The number of carbonyl (C=O) groups is 1. The molecule has 0 saturated heterocycles. The summed E-state index contributed by atoms with van der Waals surface area (Å²) in [5, 5.41) is 55.2. The number of nitro groups is 1. The van der Waals surface area contributed by atoms with Crippen LogP contribution in [0.25, 0.3) is 0 Å². The number of phenols is 4. The highest BCUT2D eigenvalue weighted by atomic mass is 16.6. The van der Waals surface area contributed by atoms with E-state index in [0.29, 0.717) is 0 Å². The number of aromatic hydroxyl groups is 4. The van der Waals surface area contributed by atoms with Gasteiger partial charge in [-0.1, -0.05) is 0 Å². The van der Waals surface area contributed by atoms with Crippen molar-refractivity contribution < 1.29 is 35.3 Å². The molecule has 5 N–H and O–H groups in total. The summed E-state index contributed by atoms with van der Waals surface area (Å²) in [7, 11) is 0. The van der Waals surface area contributed by atoms with Crippen molar-refractivity contribution in [2.75, 3.05) is 0 Å². The van der Waals surface area contributed by atoms with Gasteiger partial charge >= 0.3 is 11.7 Å². The van der Waals surface area contributed by atoms with Crippen LogP contribution in [0.15, 0.2) is 0 Å². The molecule has 9 nitrogen and oxygen atoms in total. The van der Waals surface area contributed by atoms with E-state index in [0.717, 1.165) is 0 Å². The molecule has 0 fully saturated rings. The van der Waals surface area contributed by atoms with Gasteiger partial charge in [-0.25, -0.2) is 4.79 Å². The predicted octanol–water partition coefficient (Wildman–Crippen LogP) is 0.115. The molecule has 0 bridgehead atoms. The molecular formula is C7H5NO8. The summed E-state index contributed by atoms with van der Waals surface area (Å²) in [6.45, 7) is 0. The molecule has 0 atom stereocenters. The van der Waals surface area contributed by atoms with Crippen molar-refractivity contribution in [2.45, 2.75) is 0 Å². The molecule has 0 aromatic heterocycles. The molecule has 0 radical (unpaired) electrons. The Balaban J connectivity index is 3.80. The first kappa shape index (κ1) is 11.4. The molecule has 0 amide bonds. The highest BCUT2D eigenvalue weighted by Gasteiger charge is 2.34. The number of carboxylic acid groups (broad SMARTS) is 1. The average molecular weight is 231 g/mol. The lowest BCUT2D eigenvalue weighted by Crippen LogP contribution is -2.01. The fraction of sp³-hybridized carbons (Fsp3) is 0. The van der Waals surface area contributed by atoms with Crippen LogP contribution in [0.5, 0.6) is 23.0 Å². The lowest BCUT2D eigenvalue weighted by Gasteiger charge is -2.07. The molecule has 0 heterocycles. The van der Waals surface area contributed by atoms with Gasteiger partial charge in [0.25, 0.3) is 0 Å². The van der Waals surface area contributed by atoms with Crippen LogP contribution in [-0.4, -0.2) is 36.4 Å². The third-order valence-electron chi connectivity index (χ3n) is 1.77. The Morgan fingerprint density at radius 2 is 1.50 bits per heavy atom. The van der Waals surface area contributed by atoms with Gasteiger partial charge in [-0.15, -0.1) is 0 Å². The summed E-state index contributed by atoms with van der Waals surface area (Å²) in [6.07, 6.45) is 0. The van der Waals surface area contributed by atoms with E-state index in [1.54, 1.807) is 0 Å². The molecule has 0 saturated carbocycles. The number of nitro benzene ring substituents is 1. The molecule has 0 spiro atoms. The number of hydrogen-bond donors (Lipinski definition) is 5. The summed E-state index contributed by atoms with van der Waals surface area (Å²) in [5.41, 5.74) is -2.66. The fourth-order valence-electron chi connectivity index (χ4n) is 1.06. The van der Waals surface area contributed by atoms with Gasteiger partial charge in [0.15, 0.2) is 11.3 Å². The third-order valence-corrected chi connectivity index (χ3v) is 1.77. The number of nitrogens with zero attached hydrogens (tertiary/aromatic N) is 1. The number of rotatable bonds is 2. The van der Waals surface area contributed by atoms with Gasteiger partial charge in [0.05, 0.1) is 4.92 Å². The second-order valence-corrected chi connectivity index (χ2v) is 2.68. The maximum absolute atomic E-state index is 10.5. The lowest BCUT2D eigenvalue weighted by atomic mass is 10.1. The van der Waals surface area contributed by atoms with Crippen LogP contribution < -0.4 is 0 Å². The van der Waals surface area contributed by atoms with Gasteiger partial charge in [-0.3, -0.25) is 10.1 Å². The molecule has 0 aliphatic heterocycles. The molecule has 1 rings (SSSR count). The third kappa shape index (κ3) is 1.39. The summed E-state index contributed by atoms with van der Waals surface area (Å²) < 4.78 is 0. The molecule has 1 aromatic carbocycles. The topological polar surface area (TPSA) is 161 Å². The average Bonchev–Trinajstić information content (AvgIpc) is 2.13. The van der Waals surface area contributed by atoms with Crippen LogP contribution in [0, 0.1) is 10.1 Å². The van der Waals surface area contributed by atoms with Gasteiger partial charge in [-0.05, 0) is 0 Å². The first-order chi connectivity index (χ1) is 7.29. The van der Waals surface area contributed by atoms with E-state index in [2.05, 4.69) is 0 Å². The molecule has 16 heavy (non-hydrogen) atoms. The van der Waals surface area contributed by atoms with Crippen LogP contribution >= 0.6 is 0 Å². The first-order valence-corrected chi connectivity index (χ1v) is 3.66. The minimum Gasteiger partial charge on any atom is -0.503 e. The van der Waals surface area contributed by atoms with E-state index in [1.165, 1.54) is 0 Å². The Morgan fingerprint density at radius 1 is 1.00 bits per heavy atom. The Hall–Kier alpha value is -2.71.